The molecule has 0 aliphatic carbocycles. The van der Waals surface area contributed by atoms with Gasteiger partial charge in [-0.15, -0.1) is 0 Å². The summed E-state index contributed by atoms with van der Waals surface area (Å²) in [4.78, 5) is 13.2. The van der Waals surface area contributed by atoms with Crippen LogP contribution in [0.3, 0.4) is 0 Å². The third-order valence-electron chi connectivity index (χ3n) is 2.70. The summed E-state index contributed by atoms with van der Waals surface area (Å²) in [5, 5.41) is 9.39. The van der Waals surface area contributed by atoms with Crippen LogP contribution < -0.4 is 9.64 Å². The van der Waals surface area contributed by atoms with Crippen molar-refractivity contribution in [2.24, 2.45) is 0 Å². The van der Waals surface area contributed by atoms with E-state index in [9.17, 15) is 9.90 Å². The summed E-state index contributed by atoms with van der Waals surface area (Å²) in [6, 6.07) is 7.36. The van der Waals surface area contributed by atoms with Crippen molar-refractivity contribution in [3.8, 4) is 5.75 Å². The van der Waals surface area contributed by atoms with Crippen LogP contribution in [0.5, 0.6) is 5.75 Å². The van der Waals surface area contributed by atoms with E-state index in [1.54, 1.807) is 4.90 Å². The number of hydrogen-bond donors (Lipinski definition) is 1. The lowest BCUT2D eigenvalue weighted by Gasteiger charge is -2.17. The lowest BCUT2D eigenvalue weighted by atomic mass is 10.2. The maximum absolute atomic E-state index is 11.6. The highest BCUT2D eigenvalue weighted by Crippen LogP contribution is 2.24. The summed E-state index contributed by atoms with van der Waals surface area (Å²) in [6.45, 7) is 4.51. The molecule has 0 saturated carbocycles. The monoisotopic (exact) mass is 235 g/mol. The summed E-state index contributed by atoms with van der Waals surface area (Å²) in [6.07, 6.45) is -0.207. The maximum atomic E-state index is 11.6. The zero-order valence-electron chi connectivity index (χ0n) is 10.1. The lowest BCUT2D eigenvalue weighted by Crippen LogP contribution is -2.28. The fourth-order valence-electron chi connectivity index (χ4n) is 1.90. The van der Waals surface area contributed by atoms with Crippen LogP contribution in [-0.2, 0) is 4.79 Å². The molecule has 0 bridgehead atoms. The summed E-state index contributed by atoms with van der Waals surface area (Å²) in [7, 11) is 0. The zero-order valence-corrected chi connectivity index (χ0v) is 10.1. The Morgan fingerprint density at radius 3 is 2.47 bits per heavy atom. The molecule has 1 atom stereocenters. The molecule has 4 heteroatoms. The van der Waals surface area contributed by atoms with E-state index in [2.05, 4.69) is 0 Å². The number of nitrogens with zero attached hydrogens (tertiary/aromatic N) is 1. The first-order valence-corrected chi connectivity index (χ1v) is 5.84. The first-order chi connectivity index (χ1) is 8.08. The van der Waals surface area contributed by atoms with E-state index in [-0.39, 0.29) is 12.0 Å². The molecule has 17 heavy (non-hydrogen) atoms. The van der Waals surface area contributed by atoms with Crippen LogP contribution in [0.15, 0.2) is 24.3 Å². The summed E-state index contributed by atoms with van der Waals surface area (Å²) < 4.78 is 5.53. The zero-order chi connectivity index (χ0) is 12.4. The number of hydrogen-bond acceptors (Lipinski definition) is 3. The molecule has 1 unspecified atom stereocenters. The second-order valence-corrected chi connectivity index (χ2v) is 4.45. The quantitative estimate of drug-likeness (QED) is 0.865. The molecule has 92 valence electrons. The van der Waals surface area contributed by atoms with Gasteiger partial charge in [-0.25, -0.2) is 0 Å². The maximum Gasteiger partial charge on any atom is 0.255 e. The minimum absolute atomic E-state index is 0.135. The second-order valence-electron chi connectivity index (χ2n) is 4.45. The van der Waals surface area contributed by atoms with Gasteiger partial charge in [-0.1, -0.05) is 0 Å². The number of carbonyl (C=O) groups excluding carboxylic acids is 1. The number of anilines is 1. The number of amides is 1. The first-order valence-electron chi connectivity index (χ1n) is 5.84. The van der Waals surface area contributed by atoms with Gasteiger partial charge in [0.05, 0.1) is 6.10 Å². The molecule has 1 aromatic rings. The molecule has 0 aromatic heterocycles. The van der Waals surface area contributed by atoms with Crippen molar-refractivity contribution in [3.05, 3.63) is 24.3 Å². The third kappa shape index (κ3) is 2.58. The average Bonchev–Trinajstić information content (AvgIpc) is 2.60. The standard InChI is InChI=1S/C13H17NO3/c1-9(2)17-11-5-3-10(4-6-11)14-8-7-12(15)13(14)16/h3-6,9,12,15H,7-8H2,1-2H3. The van der Waals surface area contributed by atoms with Crippen LogP contribution in [-0.4, -0.2) is 29.8 Å². The van der Waals surface area contributed by atoms with E-state index >= 15 is 0 Å². The Morgan fingerprint density at radius 1 is 1.35 bits per heavy atom. The molecule has 1 aromatic carbocycles. The Kier molecular flexibility index (Phi) is 3.33. The number of benzene rings is 1. The highest BCUT2D eigenvalue weighted by molar-refractivity contribution is 5.98. The molecule has 1 fully saturated rings. The van der Waals surface area contributed by atoms with Gasteiger partial charge in [-0.2, -0.15) is 0 Å². The van der Waals surface area contributed by atoms with Crippen LogP contribution in [0.25, 0.3) is 0 Å². The molecule has 0 radical (unpaired) electrons. The van der Waals surface area contributed by atoms with Gasteiger partial charge in [0.1, 0.15) is 11.9 Å². The van der Waals surface area contributed by atoms with Crippen LogP contribution >= 0.6 is 0 Å². The molecule has 1 aliphatic heterocycles. The number of rotatable bonds is 3. The number of carbonyl (C=O) groups is 1. The largest absolute Gasteiger partial charge is 0.491 e. The first kappa shape index (κ1) is 11.9. The summed E-state index contributed by atoms with van der Waals surface area (Å²) in [5.74, 6) is 0.568. The molecule has 1 N–H and O–H groups in total. The molecule has 1 aliphatic rings. The van der Waals surface area contributed by atoms with E-state index in [0.29, 0.717) is 13.0 Å². The number of ether oxygens (including phenoxy) is 1. The molecular formula is C13H17NO3. The Labute approximate surface area is 101 Å². The van der Waals surface area contributed by atoms with E-state index in [1.165, 1.54) is 0 Å². The van der Waals surface area contributed by atoms with Gasteiger partial charge in [-0.05, 0) is 38.1 Å². The van der Waals surface area contributed by atoms with Crippen molar-refractivity contribution in [1.29, 1.82) is 0 Å². The minimum Gasteiger partial charge on any atom is -0.491 e. The fraction of sp³-hybridized carbons (Fsp3) is 0.462. The van der Waals surface area contributed by atoms with Crippen molar-refractivity contribution < 1.29 is 14.6 Å². The summed E-state index contributed by atoms with van der Waals surface area (Å²) >= 11 is 0. The van der Waals surface area contributed by atoms with E-state index in [1.807, 2.05) is 38.1 Å². The van der Waals surface area contributed by atoms with Gasteiger partial charge in [0, 0.05) is 18.7 Å². The fourth-order valence-corrected chi connectivity index (χ4v) is 1.90. The summed E-state index contributed by atoms with van der Waals surface area (Å²) in [5.41, 5.74) is 0.808. The van der Waals surface area contributed by atoms with Gasteiger partial charge in [-0.3, -0.25) is 4.79 Å². The highest BCUT2D eigenvalue weighted by atomic mass is 16.5. The number of aliphatic hydroxyl groups is 1. The van der Waals surface area contributed by atoms with Crippen molar-refractivity contribution in [3.63, 3.8) is 0 Å². The molecule has 2 rings (SSSR count). The van der Waals surface area contributed by atoms with Crippen LogP contribution in [0.4, 0.5) is 5.69 Å². The van der Waals surface area contributed by atoms with Crippen molar-refractivity contribution in [2.45, 2.75) is 32.5 Å². The van der Waals surface area contributed by atoms with Crippen LogP contribution in [0, 0.1) is 0 Å². The average molecular weight is 235 g/mol. The normalized spacial score (nSPS) is 20.1. The van der Waals surface area contributed by atoms with E-state index in [4.69, 9.17) is 4.74 Å². The van der Waals surface area contributed by atoms with E-state index in [0.717, 1.165) is 11.4 Å². The lowest BCUT2D eigenvalue weighted by molar-refractivity contribution is -0.123. The molecule has 4 nitrogen and oxygen atoms in total. The van der Waals surface area contributed by atoms with Crippen molar-refractivity contribution in [1.82, 2.24) is 0 Å². The molecular weight excluding hydrogens is 218 g/mol. The van der Waals surface area contributed by atoms with Gasteiger partial charge in [0.2, 0.25) is 0 Å². The predicted octanol–water partition coefficient (Wildman–Crippen LogP) is 1.57. The Bertz CT molecular complexity index is 400. The highest BCUT2D eigenvalue weighted by Gasteiger charge is 2.30. The topological polar surface area (TPSA) is 49.8 Å². The molecule has 1 heterocycles. The molecule has 0 spiro atoms. The van der Waals surface area contributed by atoms with Crippen LogP contribution in [0.1, 0.15) is 20.3 Å². The van der Waals surface area contributed by atoms with Crippen molar-refractivity contribution in [2.75, 3.05) is 11.4 Å². The SMILES string of the molecule is CC(C)Oc1ccc(N2CCC(O)C2=O)cc1. The van der Waals surface area contributed by atoms with Gasteiger partial charge in [0.15, 0.2) is 0 Å². The van der Waals surface area contributed by atoms with Gasteiger partial charge >= 0.3 is 0 Å². The predicted molar refractivity (Wildman–Crippen MR) is 65.2 cm³/mol. The molecule has 1 saturated heterocycles. The minimum atomic E-state index is -0.846. The molecule has 1 amide bonds. The Hall–Kier alpha value is -1.55. The van der Waals surface area contributed by atoms with Gasteiger partial charge < -0.3 is 14.7 Å². The smallest absolute Gasteiger partial charge is 0.255 e. The van der Waals surface area contributed by atoms with E-state index < -0.39 is 6.10 Å². The van der Waals surface area contributed by atoms with Crippen molar-refractivity contribution >= 4 is 11.6 Å². The Morgan fingerprint density at radius 2 is 2.00 bits per heavy atom. The third-order valence-corrected chi connectivity index (χ3v) is 2.70. The Balaban J connectivity index is 2.10. The number of aliphatic hydroxyl groups excluding tert-OH is 1. The second kappa shape index (κ2) is 4.75. The van der Waals surface area contributed by atoms with Crippen LogP contribution in [0.2, 0.25) is 0 Å². The van der Waals surface area contributed by atoms with Gasteiger partial charge in [0.25, 0.3) is 5.91 Å².